The number of nitrogens with one attached hydrogen (secondary N) is 1. The third-order valence-corrected chi connectivity index (χ3v) is 5.30. The average molecular weight is 408 g/mol. The zero-order chi connectivity index (χ0) is 21.8. The highest BCUT2D eigenvalue weighted by atomic mass is 16.5. The van der Waals surface area contributed by atoms with Crippen LogP contribution in [0.3, 0.4) is 0 Å². The van der Waals surface area contributed by atoms with Gasteiger partial charge in [0.15, 0.2) is 0 Å². The molecule has 6 nitrogen and oxygen atoms in total. The van der Waals surface area contributed by atoms with E-state index in [0.717, 1.165) is 16.8 Å². The molecule has 158 valence electrons. The Hall–Kier alpha value is -3.15. The minimum atomic E-state index is -0.423. The van der Waals surface area contributed by atoms with E-state index in [1.807, 2.05) is 45.9 Å². The topological polar surface area (TPSA) is 75.7 Å². The second kappa shape index (κ2) is 9.11. The van der Waals surface area contributed by atoms with Crippen molar-refractivity contribution in [2.45, 2.75) is 34.1 Å². The van der Waals surface area contributed by atoms with Crippen LogP contribution in [0.25, 0.3) is 0 Å². The van der Waals surface area contributed by atoms with Crippen molar-refractivity contribution in [1.82, 2.24) is 0 Å². The molecule has 0 aliphatic carbocycles. The summed E-state index contributed by atoms with van der Waals surface area (Å²) in [6.07, 6.45) is 0.179. The number of amides is 2. The van der Waals surface area contributed by atoms with Crippen molar-refractivity contribution < 1.29 is 19.1 Å². The van der Waals surface area contributed by atoms with E-state index in [1.54, 1.807) is 29.2 Å². The van der Waals surface area contributed by atoms with Crippen LogP contribution in [0.4, 0.5) is 11.4 Å². The summed E-state index contributed by atoms with van der Waals surface area (Å²) in [6, 6.07) is 12.4. The number of hydrogen-bond donors (Lipinski definition) is 1. The molecule has 2 aromatic rings. The smallest absolute Gasteiger partial charge is 0.338 e. The highest BCUT2D eigenvalue weighted by molar-refractivity contribution is 6.04. The molecule has 0 aromatic heterocycles. The third kappa shape index (κ3) is 4.87. The van der Waals surface area contributed by atoms with Gasteiger partial charge in [0.1, 0.15) is 0 Å². The molecule has 0 spiro atoms. The number of aryl methyl sites for hydroxylation is 1. The summed E-state index contributed by atoms with van der Waals surface area (Å²) in [4.78, 5) is 38.9. The number of anilines is 2. The third-order valence-electron chi connectivity index (χ3n) is 5.30. The summed E-state index contributed by atoms with van der Waals surface area (Å²) in [7, 11) is 0. The summed E-state index contributed by atoms with van der Waals surface area (Å²) in [5.74, 6) is -0.789. The molecule has 1 atom stereocenters. The molecule has 1 heterocycles. The lowest BCUT2D eigenvalue weighted by molar-refractivity contribution is -0.122. The molecule has 0 saturated carbocycles. The van der Waals surface area contributed by atoms with Crippen molar-refractivity contribution in [3.63, 3.8) is 0 Å². The zero-order valence-electron chi connectivity index (χ0n) is 17.9. The molecule has 1 aliphatic heterocycles. The number of esters is 1. The number of carbonyl (C=O) groups excluding carboxylic acids is 3. The van der Waals surface area contributed by atoms with Gasteiger partial charge in [-0.2, -0.15) is 0 Å². The Kier molecular flexibility index (Phi) is 6.55. The van der Waals surface area contributed by atoms with E-state index in [-0.39, 0.29) is 30.1 Å². The monoisotopic (exact) mass is 408 g/mol. The second-order valence-electron chi connectivity index (χ2n) is 8.18. The summed E-state index contributed by atoms with van der Waals surface area (Å²) in [5, 5.41) is 2.85. The molecule has 0 bridgehead atoms. The Bertz CT molecular complexity index is 950. The summed E-state index contributed by atoms with van der Waals surface area (Å²) in [6.45, 7) is 8.66. The average Bonchev–Trinajstić information content (AvgIpc) is 3.10. The maximum Gasteiger partial charge on any atom is 0.338 e. The van der Waals surface area contributed by atoms with Gasteiger partial charge in [0.05, 0.1) is 18.1 Å². The first-order chi connectivity index (χ1) is 14.3. The van der Waals surface area contributed by atoms with Crippen molar-refractivity contribution >= 4 is 29.2 Å². The van der Waals surface area contributed by atoms with Gasteiger partial charge in [-0.3, -0.25) is 9.59 Å². The van der Waals surface area contributed by atoms with Crippen LogP contribution in [-0.2, 0) is 14.3 Å². The lowest BCUT2D eigenvalue weighted by atomic mass is 10.1. The standard InChI is InChI=1S/C24H28N2O4/c1-15(2)14-30-24(29)18-8-10-20(11-9-18)25-23(28)19-12-22(27)26(13-19)21-7-5-6-16(3)17(21)4/h5-11,15,19H,12-14H2,1-4H3,(H,25,28)/t19-/m0/s1. The molecule has 1 saturated heterocycles. The van der Waals surface area contributed by atoms with Gasteiger partial charge in [-0.1, -0.05) is 26.0 Å². The molecule has 1 N–H and O–H groups in total. The van der Waals surface area contributed by atoms with Crippen LogP contribution >= 0.6 is 0 Å². The van der Waals surface area contributed by atoms with Crippen LogP contribution in [-0.4, -0.2) is 30.9 Å². The van der Waals surface area contributed by atoms with Gasteiger partial charge in [0.2, 0.25) is 11.8 Å². The first kappa shape index (κ1) is 21.6. The molecule has 0 radical (unpaired) electrons. The van der Waals surface area contributed by atoms with Gasteiger partial charge in [0.25, 0.3) is 0 Å². The largest absolute Gasteiger partial charge is 0.462 e. The number of benzene rings is 2. The van der Waals surface area contributed by atoms with Gasteiger partial charge < -0.3 is 15.0 Å². The highest BCUT2D eigenvalue weighted by Crippen LogP contribution is 2.30. The Morgan fingerprint density at radius 2 is 1.83 bits per heavy atom. The van der Waals surface area contributed by atoms with Gasteiger partial charge in [-0.15, -0.1) is 0 Å². The van der Waals surface area contributed by atoms with E-state index >= 15 is 0 Å². The van der Waals surface area contributed by atoms with E-state index in [1.165, 1.54) is 0 Å². The first-order valence-electron chi connectivity index (χ1n) is 10.2. The number of ether oxygens (including phenoxy) is 1. The Balaban J connectivity index is 1.62. The SMILES string of the molecule is Cc1cccc(N2C[C@@H](C(=O)Nc3ccc(C(=O)OCC(C)C)cc3)CC2=O)c1C. The van der Waals surface area contributed by atoms with E-state index in [9.17, 15) is 14.4 Å². The van der Waals surface area contributed by atoms with Crippen LogP contribution in [0.15, 0.2) is 42.5 Å². The van der Waals surface area contributed by atoms with E-state index in [4.69, 9.17) is 4.74 Å². The molecular formula is C24H28N2O4. The molecule has 6 heteroatoms. The predicted octanol–water partition coefficient (Wildman–Crippen LogP) is 4.11. The molecule has 30 heavy (non-hydrogen) atoms. The fraction of sp³-hybridized carbons (Fsp3) is 0.375. The van der Waals surface area contributed by atoms with E-state index < -0.39 is 5.92 Å². The van der Waals surface area contributed by atoms with Crippen LogP contribution in [0, 0.1) is 25.7 Å². The van der Waals surface area contributed by atoms with Gasteiger partial charge in [-0.05, 0) is 61.2 Å². The van der Waals surface area contributed by atoms with Crippen molar-refractivity contribution in [1.29, 1.82) is 0 Å². The van der Waals surface area contributed by atoms with E-state index in [2.05, 4.69) is 5.32 Å². The zero-order valence-corrected chi connectivity index (χ0v) is 17.9. The normalized spacial score (nSPS) is 16.1. The Morgan fingerprint density at radius 3 is 2.50 bits per heavy atom. The summed E-state index contributed by atoms with van der Waals surface area (Å²) in [5.41, 5.74) is 4.04. The Labute approximate surface area is 177 Å². The van der Waals surface area contributed by atoms with Crippen LogP contribution < -0.4 is 10.2 Å². The lowest BCUT2D eigenvalue weighted by Gasteiger charge is -2.20. The van der Waals surface area contributed by atoms with Gasteiger partial charge in [-0.25, -0.2) is 4.79 Å². The van der Waals surface area contributed by atoms with Gasteiger partial charge >= 0.3 is 5.97 Å². The molecule has 3 rings (SSSR count). The fourth-order valence-corrected chi connectivity index (χ4v) is 3.40. The van der Waals surface area contributed by atoms with Gasteiger partial charge in [0, 0.05) is 24.3 Å². The quantitative estimate of drug-likeness (QED) is 0.730. The fourth-order valence-electron chi connectivity index (χ4n) is 3.40. The summed E-state index contributed by atoms with van der Waals surface area (Å²) < 4.78 is 5.21. The van der Waals surface area contributed by atoms with Crippen molar-refractivity contribution in [2.24, 2.45) is 11.8 Å². The molecule has 1 aliphatic rings. The molecular weight excluding hydrogens is 380 g/mol. The first-order valence-corrected chi connectivity index (χ1v) is 10.2. The molecule has 2 aromatic carbocycles. The highest BCUT2D eigenvalue weighted by Gasteiger charge is 2.35. The maximum atomic E-state index is 12.7. The second-order valence-corrected chi connectivity index (χ2v) is 8.18. The molecule has 1 fully saturated rings. The van der Waals surface area contributed by atoms with Crippen molar-refractivity contribution in [3.05, 3.63) is 59.2 Å². The Morgan fingerprint density at radius 1 is 1.13 bits per heavy atom. The minimum Gasteiger partial charge on any atom is -0.462 e. The predicted molar refractivity (Wildman–Crippen MR) is 117 cm³/mol. The minimum absolute atomic E-state index is 0.0490. The van der Waals surface area contributed by atoms with Crippen LogP contribution in [0.5, 0.6) is 0 Å². The number of hydrogen-bond acceptors (Lipinski definition) is 4. The molecule has 2 amide bonds. The maximum absolute atomic E-state index is 12.7. The van der Waals surface area contributed by atoms with Crippen molar-refractivity contribution in [3.8, 4) is 0 Å². The number of rotatable bonds is 6. The lowest BCUT2D eigenvalue weighted by Crippen LogP contribution is -2.28. The molecule has 0 unspecified atom stereocenters. The number of carbonyl (C=O) groups is 3. The van der Waals surface area contributed by atoms with Crippen molar-refractivity contribution in [2.75, 3.05) is 23.4 Å². The van der Waals surface area contributed by atoms with E-state index in [0.29, 0.717) is 24.4 Å². The van der Waals surface area contributed by atoms with Crippen LogP contribution in [0.2, 0.25) is 0 Å². The number of nitrogens with zero attached hydrogens (tertiary/aromatic N) is 1. The summed E-state index contributed by atoms with van der Waals surface area (Å²) >= 11 is 0. The van der Waals surface area contributed by atoms with Crippen LogP contribution in [0.1, 0.15) is 41.8 Å².